The maximum atomic E-state index is 12.2. The van der Waals surface area contributed by atoms with E-state index in [-0.39, 0.29) is 5.78 Å². The smallest absolute Gasteiger partial charge is 0.327 e. The molecule has 0 bridgehead atoms. The van der Waals surface area contributed by atoms with Crippen LogP contribution >= 0.6 is 0 Å². The molecule has 2 N–H and O–H groups in total. The van der Waals surface area contributed by atoms with Crippen LogP contribution < -0.4 is 10.6 Å². The molecule has 1 fully saturated rings. The Morgan fingerprint density at radius 3 is 2.48 bits per heavy atom. The van der Waals surface area contributed by atoms with Crippen molar-refractivity contribution in [2.45, 2.75) is 39.3 Å². The zero-order chi connectivity index (χ0) is 20.4. The Kier molecular flexibility index (Phi) is 5.63. The number of ketones is 1. The molecule has 0 saturated carbocycles. The van der Waals surface area contributed by atoms with Crippen molar-refractivity contribution in [1.29, 1.82) is 0 Å². The molecule has 144 valence electrons. The standard InChI is InChI=1S/C18H21N3O6/c1-10(22)12-6-5-7-13(8-12)19-15(24)11(2)27-14(23)9-21-16(25)18(3,4)20-17(21)26/h5-8,11H,9H2,1-4H3,(H,19,24)(H,20,26)/t11-/m1/s1. The van der Waals surface area contributed by atoms with Gasteiger partial charge >= 0.3 is 12.0 Å². The highest BCUT2D eigenvalue weighted by atomic mass is 16.5. The molecule has 0 aliphatic carbocycles. The summed E-state index contributed by atoms with van der Waals surface area (Å²) in [6.07, 6.45) is -1.16. The molecule has 1 saturated heterocycles. The summed E-state index contributed by atoms with van der Waals surface area (Å²) in [7, 11) is 0. The van der Waals surface area contributed by atoms with Gasteiger partial charge in [-0.05, 0) is 39.8 Å². The minimum Gasteiger partial charge on any atom is -0.451 e. The number of hydrogen-bond acceptors (Lipinski definition) is 6. The van der Waals surface area contributed by atoms with Gasteiger partial charge in [0.1, 0.15) is 12.1 Å². The summed E-state index contributed by atoms with van der Waals surface area (Å²) >= 11 is 0. The Bertz CT molecular complexity index is 817. The zero-order valence-electron chi connectivity index (χ0n) is 15.5. The molecule has 0 aromatic heterocycles. The van der Waals surface area contributed by atoms with E-state index in [1.165, 1.54) is 33.8 Å². The maximum Gasteiger partial charge on any atom is 0.327 e. The van der Waals surface area contributed by atoms with Gasteiger partial charge in [-0.15, -0.1) is 0 Å². The van der Waals surface area contributed by atoms with E-state index in [0.29, 0.717) is 11.3 Å². The number of esters is 1. The summed E-state index contributed by atoms with van der Waals surface area (Å²) in [6, 6.07) is 5.63. The van der Waals surface area contributed by atoms with Crippen LogP contribution in [-0.4, -0.2) is 52.7 Å². The molecule has 0 radical (unpaired) electrons. The monoisotopic (exact) mass is 375 g/mol. The van der Waals surface area contributed by atoms with E-state index in [0.717, 1.165) is 4.90 Å². The summed E-state index contributed by atoms with van der Waals surface area (Å²) in [6.45, 7) is 5.21. The van der Waals surface area contributed by atoms with Gasteiger partial charge in [0.05, 0.1) is 0 Å². The normalized spacial score (nSPS) is 16.5. The average molecular weight is 375 g/mol. The van der Waals surface area contributed by atoms with Crippen LogP contribution in [0.4, 0.5) is 10.5 Å². The van der Waals surface area contributed by atoms with Gasteiger partial charge in [-0.25, -0.2) is 4.79 Å². The van der Waals surface area contributed by atoms with Crippen molar-refractivity contribution in [1.82, 2.24) is 10.2 Å². The van der Waals surface area contributed by atoms with Crippen LogP contribution in [0.1, 0.15) is 38.1 Å². The van der Waals surface area contributed by atoms with Gasteiger partial charge in [0.15, 0.2) is 11.9 Å². The lowest BCUT2D eigenvalue weighted by Gasteiger charge is -2.17. The van der Waals surface area contributed by atoms with Crippen LogP contribution in [0.15, 0.2) is 24.3 Å². The highest BCUT2D eigenvalue weighted by molar-refractivity contribution is 6.08. The molecule has 9 nitrogen and oxygen atoms in total. The van der Waals surface area contributed by atoms with E-state index in [4.69, 9.17) is 4.74 Å². The van der Waals surface area contributed by atoms with E-state index in [1.807, 2.05) is 0 Å². The van der Waals surface area contributed by atoms with Crippen molar-refractivity contribution < 1.29 is 28.7 Å². The van der Waals surface area contributed by atoms with Crippen molar-refractivity contribution in [2.24, 2.45) is 0 Å². The molecule has 9 heteroatoms. The summed E-state index contributed by atoms with van der Waals surface area (Å²) in [4.78, 5) is 60.1. The lowest BCUT2D eigenvalue weighted by molar-refractivity contribution is -0.155. The van der Waals surface area contributed by atoms with Gasteiger partial charge in [-0.3, -0.25) is 24.1 Å². The van der Waals surface area contributed by atoms with Crippen LogP contribution in [0.5, 0.6) is 0 Å². The Morgan fingerprint density at radius 1 is 1.26 bits per heavy atom. The molecule has 0 unspecified atom stereocenters. The third-order valence-corrected chi connectivity index (χ3v) is 3.95. The van der Waals surface area contributed by atoms with E-state index in [9.17, 15) is 24.0 Å². The van der Waals surface area contributed by atoms with Crippen LogP contribution in [-0.2, 0) is 19.1 Å². The minimum absolute atomic E-state index is 0.151. The van der Waals surface area contributed by atoms with Crippen LogP contribution in [0.3, 0.4) is 0 Å². The largest absolute Gasteiger partial charge is 0.451 e. The zero-order valence-corrected chi connectivity index (χ0v) is 15.5. The molecule has 4 amide bonds. The number of imide groups is 1. The summed E-state index contributed by atoms with van der Waals surface area (Å²) < 4.78 is 5.00. The highest BCUT2D eigenvalue weighted by Gasteiger charge is 2.45. The predicted octanol–water partition coefficient (Wildman–Crippen LogP) is 1.09. The van der Waals surface area contributed by atoms with Crippen molar-refractivity contribution in [3.63, 3.8) is 0 Å². The first-order chi connectivity index (χ1) is 12.5. The number of hydrogen-bond donors (Lipinski definition) is 2. The van der Waals surface area contributed by atoms with E-state index in [2.05, 4.69) is 10.6 Å². The number of benzene rings is 1. The second-order valence-electron chi connectivity index (χ2n) is 6.70. The van der Waals surface area contributed by atoms with Gasteiger partial charge in [0.25, 0.3) is 11.8 Å². The van der Waals surface area contributed by atoms with Crippen LogP contribution in [0, 0.1) is 0 Å². The molecule has 1 aliphatic heterocycles. The first kappa shape index (κ1) is 20.1. The highest BCUT2D eigenvalue weighted by Crippen LogP contribution is 2.16. The molecule has 1 aromatic rings. The molecule has 1 atom stereocenters. The van der Waals surface area contributed by atoms with E-state index < -0.39 is 42.0 Å². The van der Waals surface area contributed by atoms with Gasteiger partial charge in [0, 0.05) is 11.3 Å². The number of amides is 4. The topological polar surface area (TPSA) is 122 Å². The third kappa shape index (κ3) is 4.69. The van der Waals surface area contributed by atoms with Crippen molar-refractivity contribution in [3.8, 4) is 0 Å². The maximum absolute atomic E-state index is 12.2. The number of ether oxygens (including phenoxy) is 1. The quantitative estimate of drug-likeness (QED) is 0.436. The predicted molar refractivity (Wildman–Crippen MR) is 95.0 cm³/mol. The van der Waals surface area contributed by atoms with Crippen LogP contribution in [0.25, 0.3) is 0 Å². The minimum atomic E-state index is -1.16. The van der Waals surface area contributed by atoms with Crippen molar-refractivity contribution in [2.75, 3.05) is 11.9 Å². The summed E-state index contributed by atoms with van der Waals surface area (Å²) in [5, 5.41) is 4.98. The van der Waals surface area contributed by atoms with Crippen molar-refractivity contribution >= 4 is 35.3 Å². The number of carbonyl (C=O) groups excluding carboxylic acids is 5. The fourth-order valence-corrected chi connectivity index (χ4v) is 2.44. The summed E-state index contributed by atoms with van der Waals surface area (Å²) in [5.74, 6) is -2.21. The Balaban J connectivity index is 1.93. The summed E-state index contributed by atoms with van der Waals surface area (Å²) in [5.41, 5.74) is -0.285. The number of rotatable bonds is 6. The number of nitrogens with one attached hydrogen (secondary N) is 2. The molecule has 1 aliphatic rings. The molecular weight excluding hydrogens is 354 g/mol. The van der Waals surface area contributed by atoms with Gasteiger partial charge in [-0.1, -0.05) is 12.1 Å². The molecule has 27 heavy (non-hydrogen) atoms. The molecule has 1 aromatic carbocycles. The Hall–Kier alpha value is -3.23. The lowest BCUT2D eigenvalue weighted by atomic mass is 10.1. The van der Waals surface area contributed by atoms with Crippen molar-refractivity contribution in [3.05, 3.63) is 29.8 Å². The first-order valence-electron chi connectivity index (χ1n) is 8.26. The van der Waals surface area contributed by atoms with Gasteiger partial charge < -0.3 is 15.4 Å². The van der Waals surface area contributed by atoms with Gasteiger partial charge in [0.2, 0.25) is 0 Å². The van der Waals surface area contributed by atoms with Gasteiger partial charge in [-0.2, -0.15) is 0 Å². The van der Waals surface area contributed by atoms with Crippen LogP contribution in [0.2, 0.25) is 0 Å². The molecular formula is C18H21N3O6. The Labute approximate surface area is 156 Å². The number of carbonyl (C=O) groups is 5. The SMILES string of the molecule is CC(=O)c1cccc(NC(=O)[C@@H](C)OC(=O)CN2C(=O)NC(C)(C)C2=O)c1. The Morgan fingerprint density at radius 2 is 1.93 bits per heavy atom. The number of nitrogens with zero attached hydrogens (tertiary/aromatic N) is 1. The number of anilines is 1. The average Bonchev–Trinajstić information content (AvgIpc) is 2.76. The second kappa shape index (κ2) is 7.56. The number of Topliss-reactive ketones (excluding diaryl/α,β-unsaturated/α-hetero) is 1. The number of urea groups is 1. The fraction of sp³-hybridized carbons (Fsp3) is 0.389. The molecule has 0 spiro atoms. The van der Waals surface area contributed by atoms with E-state index >= 15 is 0 Å². The first-order valence-corrected chi connectivity index (χ1v) is 8.26. The van der Waals surface area contributed by atoms with E-state index in [1.54, 1.807) is 18.2 Å². The third-order valence-electron chi connectivity index (χ3n) is 3.95. The second-order valence-corrected chi connectivity index (χ2v) is 6.70. The molecule has 1 heterocycles. The fourth-order valence-electron chi connectivity index (χ4n) is 2.44. The molecule has 2 rings (SSSR count). The lowest BCUT2D eigenvalue weighted by Crippen LogP contribution is -2.42.